The normalized spacial score (nSPS) is 12.2. The highest BCUT2D eigenvalue weighted by Crippen LogP contribution is 2.06. The van der Waals surface area contributed by atoms with Crippen LogP contribution in [0, 0.1) is 0 Å². The average molecular weight is 167 g/mol. The summed E-state index contributed by atoms with van der Waals surface area (Å²) in [6.45, 7) is 11.8. The zero-order valence-electron chi connectivity index (χ0n) is 8.40. The van der Waals surface area contributed by atoms with Gasteiger partial charge in [-0.25, -0.2) is 0 Å². The molecule has 0 aliphatic rings. The molecule has 0 spiro atoms. The second-order valence-electron chi connectivity index (χ2n) is 3.28. The lowest BCUT2D eigenvalue weighted by atomic mass is 10.1. The molecule has 0 saturated carbocycles. The van der Waals surface area contributed by atoms with Gasteiger partial charge in [0.15, 0.2) is 0 Å². The fourth-order valence-electron chi connectivity index (χ4n) is 1.30. The third-order valence-electron chi connectivity index (χ3n) is 1.81. The first-order valence-corrected chi connectivity index (χ1v) is 4.73. The van der Waals surface area contributed by atoms with E-state index in [0.717, 1.165) is 12.1 Å². The van der Waals surface area contributed by atoms with Gasteiger partial charge in [-0.2, -0.15) is 0 Å². The first-order valence-electron chi connectivity index (χ1n) is 4.73. The van der Waals surface area contributed by atoms with E-state index in [4.69, 9.17) is 0 Å². The Morgan fingerprint density at radius 1 is 1.50 bits per heavy atom. The van der Waals surface area contributed by atoms with Crippen molar-refractivity contribution in [2.24, 2.45) is 0 Å². The first-order chi connectivity index (χ1) is 5.70. The maximum Gasteiger partial charge on any atom is 0.0260 e. The lowest BCUT2D eigenvalue weighted by Crippen LogP contribution is -2.26. The minimum atomic E-state index is 0.588. The summed E-state index contributed by atoms with van der Waals surface area (Å²) in [4.78, 5) is 0. The Bertz CT molecular complexity index is 138. The van der Waals surface area contributed by atoms with Crippen LogP contribution < -0.4 is 5.32 Å². The van der Waals surface area contributed by atoms with E-state index >= 15 is 0 Å². The van der Waals surface area contributed by atoms with Gasteiger partial charge in [0.25, 0.3) is 0 Å². The Kier molecular flexibility index (Phi) is 6.54. The highest BCUT2D eigenvalue weighted by Gasteiger charge is 2.04. The van der Waals surface area contributed by atoms with E-state index in [0.29, 0.717) is 6.04 Å². The van der Waals surface area contributed by atoms with Crippen LogP contribution in [-0.4, -0.2) is 6.04 Å². The van der Waals surface area contributed by atoms with Crippen molar-refractivity contribution in [3.63, 3.8) is 0 Å². The van der Waals surface area contributed by atoms with Crippen molar-refractivity contribution in [2.45, 2.75) is 45.6 Å². The lowest BCUT2D eigenvalue weighted by molar-refractivity contribution is 0.491. The van der Waals surface area contributed by atoms with E-state index in [1.54, 1.807) is 0 Å². The van der Waals surface area contributed by atoms with E-state index in [9.17, 15) is 0 Å². The van der Waals surface area contributed by atoms with Gasteiger partial charge in [0.2, 0.25) is 0 Å². The Labute approximate surface area is 76.6 Å². The molecule has 1 unspecified atom stereocenters. The predicted octanol–water partition coefficient (Wildman–Crippen LogP) is 3.24. The summed E-state index contributed by atoms with van der Waals surface area (Å²) in [5.74, 6) is 0. The molecule has 1 atom stereocenters. The molecule has 0 fully saturated rings. The summed E-state index contributed by atoms with van der Waals surface area (Å²) < 4.78 is 0. The minimum absolute atomic E-state index is 0.588. The molecule has 12 heavy (non-hydrogen) atoms. The zero-order valence-corrected chi connectivity index (χ0v) is 8.40. The Balaban J connectivity index is 3.68. The number of hydrogen-bond donors (Lipinski definition) is 1. The van der Waals surface area contributed by atoms with Gasteiger partial charge in [-0.05, 0) is 26.2 Å². The number of allylic oxidation sites excluding steroid dienone is 2. The third kappa shape index (κ3) is 6.02. The highest BCUT2D eigenvalue weighted by atomic mass is 14.9. The Hall–Kier alpha value is -0.720. The maximum atomic E-state index is 3.85. The molecule has 0 radical (unpaired) electrons. The van der Waals surface area contributed by atoms with Crippen molar-refractivity contribution in [1.82, 2.24) is 5.32 Å². The smallest absolute Gasteiger partial charge is 0.0260 e. The Morgan fingerprint density at radius 2 is 2.17 bits per heavy atom. The van der Waals surface area contributed by atoms with Gasteiger partial charge < -0.3 is 5.32 Å². The highest BCUT2D eigenvalue weighted by molar-refractivity contribution is 4.89. The third-order valence-corrected chi connectivity index (χ3v) is 1.81. The summed E-state index contributed by atoms with van der Waals surface area (Å²) in [6, 6.07) is 0.588. The van der Waals surface area contributed by atoms with Crippen LogP contribution in [0.4, 0.5) is 0 Å². The van der Waals surface area contributed by atoms with Gasteiger partial charge in [-0.15, -0.1) is 6.58 Å². The molecule has 1 nitrogen and oxygen atoms in total. The van der Waals surface area contributed by atoms with Crippen molar-refractivity contribution >= 4 is 0 Å². The molecule has 0 aromatic heterocycles. The molecule has 0 aromatic rings. The molecule has 0 heterocycles. The van der Waals surface area contributed by atoms with Gasteiger partial charge in [0.05, 0.1) is 0 Å². The van der Waals surface area contributed by atoms with Crippen LogP contribution in [-0.2, 0) is 0 Å². The first kappa shape index (κ1) is 11.3. The summed E-state index contributed by atoms with van der Waals surface area (Å²) >= 11 is 0. The summed E-state index contributed by atoms with van der Waals surface area (Å²) in [7, 11) is 0. The molecule has 0 aromatic carbocycles. The van der Waals surface area contributed by atoms with Crippen LogP contribution in [0.1, 0.15) is 39.5 Å². The van der Waals surface area contributed by atoms with E-state index in [-0.39, 0.29) is 0 Å². The molecule has 1 heteroatoms. The molecule has 70 valence electrons. The van der Waals surface area contributed by atoms with Crippen LogP contribution in [0.5, 0.6) is 0 Å². The molecule has 0 aliphatic carbocycles. The second-order valence-corrected chi connectivity index (χ2v) is 3.28. The molecule has 0 aliphatic heterocycles. The molecule has 0 bridgehead atoms. The van der Waals surface area contributed by atoms with Crippen LogP contribution in [0.2, 0.25) is 0 Å². The van der Waals surface area contributed by atoms with Crippen molar-refractivity contribution in [2.75, 3.05) is 0 Å². The fraction of sp³-hybridized carbons (Fsp3) is 0.636. The fourth-order valence-corrected chi connectivity index (χ4v) is 1.30. The van der Waals surface area contributed by atoms with Gasteiger partial charge >= 0.3 is 0 Å². The lowest BCUT2D eigenvalue weighted by Gasteiger charge is -2.18. The predicted molar refractivity (Wildman–Crippen MR) is 56.1 cm³/mol. The van der Waals surface area contributed by atoms with Crippen LogP contribution >= 0.6 is 0 Å². The molecule has 1 N–H and O–H groups in total. The average Bonchev–Trinajstić information content (AvgIpc) is 2.00. The van der Waals surface area contributed by atoms with Crippen molar-refractivity contribution in [3.05, 3.63) is 24.9 Å². The van der Waals surface area contributed by atoms with E-state index < -0.39 is 0 Å². The second kappa shape index (κ2) is 6.96. The Morgan fingerprint density at radius 3 is 2.58 bits per heavy atom. The maximum absolute atomic E-state index is 3.85. The zero-order chi connectivity index (χ0) is 9.40. The van der Waals surface area contributed by atoms with Crippen molar-refractivity contribution in [3.8, 4) is 0 Å². The quantitative estimate of drug-likeness (QED) is 0.574. The molecular weight excluding hydrogens is 146 g/mol. The van der Waals surface area contributed by atoms with E-state index in [2.05, 4.69) is 25.4 Å². The number of rotatable bonds is 7. The topological polar surface area (TPSA) is 12.0 Å². The summed E-state index contributed by atoms with van der Waals surface area (Å²) in [6.07, 6.45) is 6.68. The largest absolute Gasteiger partial charge is 0.386 e. The van der Waals surface area contributed by atoms with Gasteiger partial charge in [-0.1, -0.05) is 26.0 Å². The van der Waals surface area contributed by atoms with Gasteiger partial charge in [0.1, 0.15) is 0 Å². The number of nitrogens with one attached hydrogen (secondary N) is 1. The van der Waals surface area contributed by atoms with Gasteiger partial charge in [0, 0.05) is 11.7 Å². The number of hydrogen-bond acceptors (Lipinski definition) is 1. The molecule has 0 amide bonds. The summed E-state index contributed by atoms with van der Waals surface area (Å²) in [5.41, 5.74) is 1.07. The molecule has 0 rings (SSSR count). The van der Waals surface area contributed by atoms with Crippen LogP contribution in [0.25, 0.3) is 0 Å². The van der Waals surface area contributed by atoms with Crippen molar-refractivity contribution in [1.29, 1.82) is 0 Å². The molecule has 0 saturated heterocycles. The molecular formula is C11H21N. The minimum Gasteiger partial charge on any atom is -0.386 e. The SMILES string of the molecule is C=CCCC(CCC)NC(=C)C. The van der Waals surface area contributed by atoms with Gasteiger partial charge in [-0.3, -0.25) is 0 Å². The van der Waals surface area contributed by atoms with Crippen molar-refractivity contribution < 1.29 is 0 Å². The standard InChI is InChI=1S/C11H21N/c1-5-7-9-11(8-6-2)12-10(3)4/h5,11-12H,1,3,6-9H2,2,4H3. The van der Waals surface area contributed by atoms with Crippen LogP contribution in [0.3, 0.4) is 0 Å². The summed E-state index contributed by atoms with van der Waals surface area (Å²) in [5, 5.41) is 3.37. The van der Waals surface area contributed by atoms with Crippen LogP contribution in [0.15, 0.2) is 24.9 Å². The monoisotopic (exact) mass is 167 g/mol. The van der Waals surface area contributed by atoms with E-state index in [1.807, 2.05) is 13.0 Å². The van der Waals surface area contributed by atoms with E-state index in [1.165, 1.54) is 19.3 Å².